The Bertz CT molecular complexity index is 872. The number of hydrogen-bond donors (Lipinski definition) is 0. The van der Waals surface area contributed by atoms with Gasteiger partial charge in [-0.2, -0.15) is 0 Å². The number of carbonyl (C=O) groups is 1. The standard InChI is InChI=1S/C22H24O3/c1-15(2)6-5-12-22(4)13-11-19-20-14-18(24-16(3)23)9-7-17(20)8-10-21(19)25-22/h6-11,13-14H,5,12H2,1-4H3/t22-/m0/s1. The van der Waals surface area contributed by atoms with Crippen molar-refractivity contribution in [3.8, 4) is 11.5 Å². The number of fused-ring (bicyclic) bond motifs is 3. The summed E-state index contributed by atoms with van der Waals surface area (Å²) in [5, 5.41) is 2.12. The minimum Gasteiger partial charge on any atom is -0.483 e. The summed E-state index contributed by atoms with van der Waals surface area (Å²) in [7, 11) is 0. The molecule has 1 atom stereocenters. The van der Waals surface area contributed by atoms with Crippen molar-refractivity contribution in [2.45, 2.75) is 46.1 Å². The molecule has 0 radical (unpaired) electrons. The highest BCUT2D eigenvalue weighted by Gasteiger charge is 2.27. The lowest BCUT2D eigenvalue weighted by Crippen LogP contribution is -2.31. The van der Waals surface area contributed by atoms with Crippen LogP contribution in [-0.2, 0) is 4.79 Å². The van der Waals surface area contributed by atoms with E-state index >= 15 is 0 Å². The third kappa shape index (κ3) is 3.93. The number of hydrogen-bond acceptors (Lipinski definition) is 3. The van der Waals surface area contributed by atoms with Gasteiger partial charge >= 0.3 is 5.97 Å². The molecule has 0 amide bonds. The van der Waals surface area contributed by atoms with Gasteiger partial charge in [-0.05, 0) is 68.7 Å². The van der Waals surface area contributed by atoms with Gasteiger partial charge in [0, 0.05) is 12.5 Å². The summed E-state index contributed by atoms with van der Waals surface area (Å²) >= 11 is 0. The van der Waals surface area contributed by atoms with Gasteiger partial charge < -0.3 is 9.47 Å². The van der Waals surface area contributed by atoms with Crippen molar-refractivity contribution >= 4 is 22.8 Å². The number of esters is 1. The monoisotopic (exact) mass is 336 g/mol. The molecule has 1 heterocycles. The molecular weight excluding hydrogens is 312 g/mol. The van der Waals surface area contributed by atoms with Gasteiger partial charge in [-0.1, -0.05) is 29.9 Å². The highest BCUT2D eigenvalue weighted by molar-refractivity contribution is 5.95. The fourth-order valence-corrected chi connectivity index (χ4v) is 3.12. The van der Waals surface area contributed by atoms with Crippen LogP contribution in [0, 0.1) is 0 Å². The second-order valence-electron chi connectivity index (χ2n) is 7.02. The maximum absolute atomic E-state index is 11.2. The fourth-order valence-electron chi connectivity index (χ4n) is 3.12. The molecule has 1 aliphatic heterocycles. The molecule has 2 aromatic rings. The molecule has 0 aromatic heterocycles. The zero-order chi connectivity index (χ0) is 18.0. The van der Waals surface area contributed by atoms with E-state index in [1.165, 1.54) is 12.5 Å². The predicted octanol–water partition coefficient (Wildman–Crippen LogP) is 5.68. The van der Waals surface area contributed by atoms with Gasteiger partial charge in [-0.3, -0.25) is 4.79 Å². The molecule has 3 rings (SSSR count). The second kappa shape index (κ2) is 6.75. The van der Waals surface area contributed by atoms with Crippen molar-refractivity contribution in [2.24, 2.45) is 0 Å². The first-order chi connectivity index (χ1) is 11.9. The molecule has 0 fully saturated rings. The van der Waals surface area contributed by atoms with Crippen LogP contribution in [0.3, 0.4) is 0 Å². The van der Waals surface area contributed by atoms with Crippen molar-refractivity contribution in [1.82, 2.24) is 0 Å². The average Bonchev–Trinajstić information content (AvgIpc) is 2.53. The van der Waals surface area contributed by atoms with Gasteiger partial charge in [0.1, 0.15) is 17.1 Å². The number of rotatable bonds is 4. The second-order valence-corrected chi connectivity index (χ2v) is 7.02. The number of ether oxygens (including phenoxy) is 2. The highest BCUT2D eigenvalue weighted by atomic mass is 16.5. The van der Waals surface area contributed by atoms with Crippen LogP contribution in [0.4, 0.5) is 0 Å². The summed E-state index contributed by atoms with van der Waals surface area (Å²) in [6.45, 7) is 7.75. The lowest BCUT2D eigenvalue weighted by atomic mass is 9.92. The van der Waals surface area contributed by atoms with E-state index in [1.54, 1.807) is 0 Å². The largest absolute Gasteiger partial charge is 0.483 e. The lowest BCUT2D eigenvalue weighted by molar-refractivity contribution is -0.131. The summed E-state index contributed by atoms with van der Waals surface area (Å²) in [4.78, 5) is 11.2. The van der Waals surface area contributed by atoms with Crippen LogP contribution in [0.25, 0.3) is 16.8 Å². The van der Waals surface area contributed by atoms with Gasteiger partial charge in [0.15, 0.2) is 0 Å². The third-order valence-electron chi connectivity index (χ3n) is 4.40. The highest BCUT2D eigenvalue weighted by Crippen LogP contribution is 2.38. The summed E-state index contributed by atoms with van der Waals surface area (Å²) in [5.41, 5.74) is 2.05. The smallest absolute Gasteiger partial charge is 0.308 e. The SMILES string of the molecule is CC(=O)Oc1ccc2ccc3c(c2c1)C=C[C@](C)(CCC=C(C)C)O3. The van der Waals surface area contributed by atoms with Crippen LogP contribution in [-0.4, -0.2) is 11.6 Å². The fraction of sp³-hybridized carbons (Fsp3) is 0.318. The Labute approximate surface area is 148 Å². The Balaban J connectivity index is 1.93. The van der Waals surface area contributed by atoms with Crippen molar-refractivity contribution in [3.63, 3.8) is 0 Å². The molecular formula is C22H24O3. The van der Waals surface area contributed by atoms with Crippen LogP contribution < -0.4 is 9.47 Å². The van der Waals surface area contributed by atoms with Crippen molar-refractivity contribution < 1.29 is 14.3 Å². The molecule has 2 aromatic carbocycles. The van der Waals surface area contributed by atoms with Crippen LogP contribution in [0.1, 0.15) is 46.1 Å². The van der Waals surface area contributed by atoms with Crippen molar-refractivity contribution in [1.29, 1.82) is 0 Å². The maximum atomic E-state index is 11.2. The van der Waals surface area contributed by atoms with E-state index in [9.17, 15) is 4.79 Å². The molecule has 0 spiro atoms. The summed E-state index contributed by atoms with van der Waals surface area (Å²) in [6, 6.07) is 9.74. The molecule has 0 saturated heterocycles. The maximum Gasteiger partial charge on any atom is 0.308 e. The lowest BCUT2D eigenvalue weighted by Gasteiger charge is -2.32. The Morgan fingerprint density at radius 2 is 1.96 bits per heavy atom. The van der Waals surface area contributed by atoms with E-state index in [4.69, 9.17) is 9.47 Å². The van der Waals surface area contributed by atoms with E-state index in [0.29, 0.717) is 5.75 Å². The zero-order valence-corrected chi connectivity index (χ0v) is 15.3. The first-order valence-electron chi connectivity index (χ1n) is 8.63. The first-order valence-corrected chi connectivity index (χ1v) is 8.63. The van der Waals surface area contributed by atoms with Gasteiger partial charge in [0.2, 0.25) is 0 Å². The van der Waals surface area contributed by atoms with Crippen LogP contribution >= 0.6 is 0 Å². The number of carbonyl (C=O) groups excluding carboxylic acids is 1. The van der Waals surface area contributed by atoms with E-state index in [-0.39, 0.29) is 11.6 Å². The molecule has 0 bridgehead atoms. The molecule has 1 aliphatic rings. The molecule has 0 N–H and O–H groups in total. The Kier molecular flexibility index (Phi) is 4.67. The van der Waals surface area contributed by atoms with E-state index in [2.05, 4.69) is 39.0 Å². The van der Waals surface area contributed by atoms with Crippen molar-refractivity contribution in [3.05, 3.63) is 53.6 Å². The molecule has 3 nitrogen and oxygen atoms in total. The van der Waals surface area contributed by atoms with Crippen molar-refractivity contribution in [2.75, 3.05) is 0 Å². The van der Waals surface area contributed by atoms with Gasteiger partial charge in [0.05, 0.1) is 0 Å². The quantitative estimate of drug-likeness (QED) is 0.409. The van der Waals surface area contributed by atoms with Gasteiger partial charge in [0.25, 0.3) is 0 Å². The summed E-state index contributed by atoms with van der Waals surface area (Å²) in [6.07, 6.45) is 8.42. The predicted molar refractivity (Wildman–Crippen MR) is 102 cm³/mol. The molecule has 130 valence electrons. The van der Waals surface area contributed by atoms with Gasteiger partial charge in [-0.25, -0.2) is 0 Å². The Morgan fingerprint density at radius 3 is 2.68 bits per heavy atom. The Morgan fingerprint density at radius 1 is 1.20 bits per heavy atom. The Hall–Kier alpha value is -2.55. The molecule has 0 aliphatic carbocycles. The average molecular weight is 336 g/mol. The van der Waals surface area contributed by atoms with Crippen LogP contribution in [0.5, 0.6) is 11.5 Å². The topological polar surface area (TPSA) is 35.5 Å². The third-order valence-corrected chi connectivity index (χ3v) is 4.40. The normalized spacial score (nSPS) is 18.4. The number of allylic oxidation sites excluding steroid dienone is 2. The summed E-state index contributed by atoms with van der Waals surface area (Å²) < 4.78 is 11.5. The number of benzene rings is 2. The first kappa shape index (κ1) is 17.3. The van der Waals surface area contributed by atoms with E-state index in [1.807, 2.05) is 30.3 Å². The van der Waals surface area contributed by atoms with E-state index < -0.39 is 0 Å². The minimum absolute atomic E-state index is 0.305. The molecule has 0 unspecified atom stereocenters. The van der Waals surface area contributed by atoms with Crippen LogP contribution in [0.2, 0.25) is 0 Å². The summed E-state index contributed by atoms with van der Waals surface area (Å²) in [5.74, 6) is 1.11. The molecule has 25 heavy (non-hydrogen) atoms. The van der Waals surface area contributed by atoms with Gasteiger partial charge in [-0.15, -0.1) is 0 Å². The molecule has 0 saturated carbocycles. The minimum atomic E-state index is -0.317. The molecule has 3 heteroatoms. The zero-order valence-electron chi connectivity index (χ0n) is 15.3. The van der Waals surface area contributed by atoms with Crippen LogP contribution in [0.15, 0.2) is 48.1 Å². The van der Waals surface area contributed by atoms with E-state index in [0.717, 1.165) is 34.9 Å².